The molecule has 124 valence electrons. The smallest absolute Gasteiger partial charge is 0.355 e. The van der Waals surface area contributed by atoms with Crippen LogP contribution in [0.2, 0.25) is 0 Å². The maximum atomic E-state index is 12.8. The first-order chi connectivity index (χ1) is 10.7. The van der Waals surface area contributed by atoms with Crippen LogP contribution in [0.15, 0.2) is 16.7 Å². The Bertz CT molecular complexity index is 709. The highest BCUT2D eigenvalue weighted by molar-refractivity contribution is 5.47. The third-order valence-corrected chi connectivity index (χ3v) is 3.47. The number of hydrogen-bond acceptors (Lipinski definition) is 5. The number of aryl methyl sites for hydroxylation is 1. The van der Waals surface area contributed by atoms with E-state index >= 15 is 0 Å². The number of alkyl halides is 5. The van der Waals surface area contributed by atoms with Gasteiger partial charge in [-0.05, 0) is 19.1 Å². The standard InChI is InChI=1S/C13H11F5N4O/c1-6-2-8(13(16,17)18)3-9(19-6)22-4-7(5-22)12-20-11(10(14)15)21-23-12/h2-3,7,10H,4-5H2,1H3. The predicted molar refractivity (Wildman–Crippen MR) is 68.2 cm³/mol. The van der Waals surface area contributed by atoms with Crippen LogP contribution in [0.1, 0.15) is 35.3 Å². The Balaban J connectivity index is 1.72. The second kappa shape index (κ2) is 5.43. The van der Waals surface area contributed by atoms with Gasteiger partial charge in [0.2, 0.25) is 11.7 Å². The molecule has 0 aromatic carbocycles. The van der Waals surface area contributed by atoms with Gasteiger partial charge in [0.05, 0.1) is 11.5 Å². The molecular weight excluding hydrogens is 323 g/mol. The average Bonchev–Trinajstić information content (AvgIpc) is 2.85. The molecule has 0 N–H and O–H groups in total. The predicted octanol–water partition coefficient (Wildman–Crippen LogP) is 3.33. The van der Waals surface area contributed by atoms with Crippen molar-refractivity contribution in [3.05, 3.63) is 35.1 Å². The van der Waals surface area contributed by atoms with Crippen molar-refractivity contribution in [2.75, 3.05) is 18.0 Å². The lowest BCUT2D eigenvalue weighted by Gasteiger charge is -2.38. The molecule has 1 saturated heterocycles. The van der Waals surface area contributed by atoms with Gasteiger partial charge in [-0.15, -0.1) is 0 Å². The zero-order chi connectivity index (χ0) is 16.8. The summed E-state index contributed by atoms with van der Waals surface area (Å²) >= 11 is 0. The molecule has 0 aliphatic carbocycles. The fourth-order valence-electron chi connectivity index (χ4n) is 2.30. The largest absolute Gasteiger partial charge is 0.416 e. The van der Waals surface area contributed by atoms with E-state index in [4.69, 9.17) is 4.52 Å². The summed E-state index contributed by atoms with van der Waals surface area (Å²) in [5, 5.41) is 3.16. The molecule has 1 aliphatic heterocycles. The zero-order valence-electron chi connectivity index (χ0n) is 11.8. The number of nitrogens with zero attached hydrogens (tertiary/aromatic N) is 4. The lowest BCUT2D eigenvalue weighted by atomic mass is 10.00. The highest BCUT2D eigenvalue weighted by Crippen LogP contribution is 2.35. The Morgan fingerprint density at radius 1 is 1.22 bits per heavy atom. The summed E-state index contributed by atoms with van der Waals surface area (Å²) in [6, 6.07) is 1.93. The Hall–Kier alpha value is -2.26. The molecule has 5 nitrogen and oxygen atoms in total. The summed E-state index contributed by atoms with van der Waals surface area (Å²) in [7, 11) is 0. The molecule has 0 bridgehead atoms. The Morgan fingerprint density at radius 2 is 1.91 bits per heavy atom. The van der Waals surface area contributed by atoms with Crippen molar-refractivity contribution in [3.8, 4) is 0 Å². The lowest BCUT2D eigenvalue weighted by molar-refractivity contribution is -0.137. The molecule has 0 unspecified atom stereocenters. The van der Waals surface area contributed by atoms with Gasteiger partial charge in [0.15, 0.2) is 0 Å². The van der Waals surface area contributed by atoms with E-state index in [1.54, 1.807) is 4.90 Å². The molecule has 1 fully saturated rings. The minimum Gasteiger partial charge on any atom is -0.355 e. The molecule has 0 spiro atoms. The lowest BCUT2D eigenvalue weighted by Crippen LogP contribution is -2.45. The molecule has 0 radical (unpaired) electrons. The van der Waals surface area contributed by atoms with Crippen LogP contribution in [0.5, 0.6) is 0 Å². The van der Waals surface area contributed by atoms with Gasteiger partial charge < -0.3 is 9.42 Å². The van der Waals surface area contributed by atoms with Gasteiger partial charge in [0.25, 0.3) is 0 Å². The van der Waals surface area contributed by atoms with Crippen LogP contribution < -0.4 is 4.90 Å². The molecule has 0 amide bonds. The number of hydrogen-bond donors (Lipinski definition) is 0. The van der Waals surface area contributed by atoms with Crippen LogP contribution in [0.25, 0.3) is 0 Å². The highest BCUT2D eigenvalue weighted by atomic mass is 19.4. The first kappa shape index (κ1) is 15.6. The van der Waals surface area contributed by atoms with Crippen LogP contribution in [-0.4, -0.2) is 28.2 Å². The molecule has 3 heterocycles. The number of aromatic nitrogens is 3. The Kier molecular flexibility index (Phi) is 3.69. The van der Waals surface area contributed by atoms with Crippen molar-refractivity contribution in [1.29, 1.82) is 0 Å². The first-order valence-corrected chi connectivity index (χ1v) is 6.66. The Morgan fingerprint density at radius 3 is 2.48 bits per heavy atom. The molecule has 23 heavy (non-hydrogen) atoms. The molecular formula is C13H11F5N4O. The summed E-state index contributed by atoms with van der Waals surface area (Å²) in [5.74, 6) is -0.749. The van der Waals surface area contributed by atoms with Crippen LogP contribution in [0, 0.1) is 6.92 Å². The summed E-state index contributed by atoms with van der Waals surface area (Å²) in [6.07, 6.45) is -7.28. The average molecular weight is 334 g/mol. The van der Waals surface area contributed by atoms with E-state index in [2.05, 4.69) is 15.1 Å². The van der Waals surface area contributed by atoms with Crippen LogP contribution >= 0.6 is 0 Å². The summed E-state index contributed by atoms with van der Waals surface area (Å²) in [6.45, 7) is 2.03. The molecule has 1 aliphatic rings. The third kappa shape index (κ3) is 3.10. The van der Waals surface area contributed by atoms with Crippen LogP contribution in [0.4, 0.5) is 27.8 Å². The van der Waals surface area contributed by atoms with E-state index < -0.39 is 24.0 Å². The van der Waals surface area contributed by atoms with Crippen LogP contribution in [0.3, 0.4) is 0 Å². The van der Waals surface area contributed by atoms with E-state index in [9.17, 15) is 22.0 Å². The topological polar surface area (TPSA) is 55.1 Å². The summed E-state index contributed by atoms with van der Waals surface area (Å²) in [5.41, 5.74) is -0.530. The second-order valence-electron chi connectivity index (χ2n) is 5.25. The zero-order valence-corrected chi connectivity index (χ0v) is 11.8. The van der Waals surface area contributed by atoms with E-state index in [-0.39, 0.29) is 36.4 Å². The molecule has 3 rings (SSSR count). The molecule has 10 heteroatoms. The van der Waals surface area contributed by atoms with Gasteiger partial charge in [0.1, 0.15) is 5.82 Å². The van der Waals surface area contributed by atoms with E-state index in [1.165, 1.54) is 6.92 Å². The van der Waals surface area contributed by atoms with Crippen molar-refractivity contribution in [2.24, 2.45) is 0 Å². The fourth-order valence-corrected chi connectivity index (χ4v) is 2.30. The summed E-state index contributed by atoms with van der Waals surface area (Å²) in [4.78, 5) is 9.25. The SMILES string of the molecule is Cc1cc(C(F)(F)F)cc(N2CC(c3nc(C(F)F)no3)C2)n1. The number of halogens is 5. The quantitative estimate of drug-likeness (QED) is 0.806. The van der Waals surface area contributed by atoms with E-state index in [0.29, 0.717) is 0 Å². The number of anilines is 1. The molecule has 0 saturated carbocycles. The van der Waals surface area contributed by atoms with E-state index in [1.807, 2.05) is 0 Å². The maximum Gasteiger partial charge on any atom is 0.416 e. The van der Waals surface area contributed by atoms with Gasteiger partial charge in [-0.3, -0.25) is 0 Å². The fraction of sp³-hybridized carbons (Fsp3) is 0.462. The minimum atomic E-state index is -4.45. The number of pyridine rings is 1. The van der Waals surface area contributed by atoms with Crippen molar-refractivity contribution >= 4 is 5.82 Å². The highest BCUT2D eigenvalue weighted by Gasteiger charge is 2.36. The van der Waals surface area contributed by atoms with Crippen molar-refractivity contribution in [3.63, 3.8) is 0 Å². The van der Waals surface area contributed by atoms with Crippen LogP contribution in [-0.2, 0) is 6.18 Å². The van der Waals surface area contributed by atoms with Gasteiger partial charge in [-0.2, -0.15) is 18.2 Å². The molecule has 0 atom stereocenters. The van der Waals surface area contributed by atoms with Gasteiger partial charge in [0, 0.05) is 18.8 Å². The first-order valence-electron chi connectivity index (χ1n) is 6.66. The third-order valence-electron chi connectivity index (χ3n) is 3.47. The van der Waals surface area contributed by atoms with E-state index in [0.717, 1.165) is 12.1 Å². The molecule has 2 aromatic heterocycles. The monoisotopic (exact) mass is 334 g/mol. The maximum absolute atomic E-state index is 12.8. The van der Waals surface area contributed by atoms with Gasteiger partial charge in [-0.25, -0.2) is 13.8 Å². The van der Waals surface area contributed by atoms with Crippen molar-refractivity contribution < 1.29 is 26.5 Å². The minimum absolute atomic E-state index is 0.0558. The summed E-state index contributed by atoms with van der Waals surface area (Å²) < 4.78 is 67.9. The molecule has 2 aromatic rings. The van der Waals surface area contributed by atoms with Gasteiger partial charge in [-0.1, -0.05) is 5.16 Å². The van der Waals surface area contributed by atoms with Crippen molar-refractivity contribution in [2.45, 2.75) is 25.4 Å². The van der Waals surface area contributed by atoms with Gasteiger partial charge >= 0.3 is 12.6 Å². The Labute approximate surface area is 127 Å². The second-order valence-corrected chi connectivity index (χ2v) is 5.25. The normalized spacial score (nSPS) is 16.0. The number of rotatable bonds is 3. The van der Waals surface area contributed by atoms with Crippen molar-refractivity contribution in [1.82, 2.24) is 15.1 Å².